The van der Waals surface area contributed by atoms with Crippen LogP contribution in [0.25, 0.3) is 0 Å². The molecule has 1 fully saturated rings. The Hall–Kier alpha value is 0.530. The highest BCUT2D eigenvalue weighted by Gasteiger charge is 2.35. The zero-order valence-corrected chi connectivity index (χ0v) is 9.12. The molecule has 0 unspecified atom stereocenters. The Balaban J connectivity index is 2.61. The minimum absolute atomic E-state index is 0.00693. The van der Waals surface area contributed by atoms with Gasteiger partial charge in [-0.3, -0.25) is 0 Å². The van der Waals surface area contributed by atoms with E-state index in [4.69, 9.17) is 14.6 Å². The highest BCUT2D eigenvalue weighted by Crippen LogP contribution is 2.16. The average molecular weight is 304 g/mol. The number of alkyl halides is 1. The molecule has 1 saturated heterocycles. The summed E-state index contributed by atoms with van der Waals surface area (Å²) in [5.74, 6) is 0. The predicted octanol–water partition coefficient (Wildman–Crippen LogP) is -1.12. The van der Waals surface area contributed by atoms with E-state index < -0.39 is 24.4 Å². The highest BCUT2D eigenvalue weighted by atomic mass is 127. The molecule has 5 nitrogen and oxygen atoms in total. The summed E-state index contributed by atoms with van der Waals surface area (Å²) in [5, 5.41) is 27.9. The van der Waals surface area contributed by atoms with Crippen LogP contribution in [0.4, 0.5) is 0 Å². The molecule has 1 aliphatic rings. The Morgan fingerprint density at radius 3 is 2.23 bits per heavy atom. The maximum absolute atomic E-state index is 9.55. The van der Waals surface area contributed by atoms with Crippen molar-refractivity contribution < 1.29 is 24.8 Å². The summed E-state index contributed by atoms with van der Waals surface area (Å²) in [6, 6.07) is 0. The van der Waals surface area contributed by atoms with Gasteiger partial charge in [0, 0.05) is 4.43 Å². The quantitative estimate of drug-likeness (QED) is 0.445. The second-order valence-electron chi connectivity index (χ2n) is 2.85. The van der Waals surface area contributed by atoms with Crippen LogP contribution in [0.15, 0.2) is 0 Å². The van der Waals surface area contributed by atoms with E-state index in [1.54, 1.807) is 0 Å². The van der Waals surface area contributed by atoms with Gasteiger partial charge in [-0.1, -0.05) is 22.6 Å². The van der Waals surface area contributed by atoms with Crippen molar-refractivity contribution in [3.63, 3.8) is 0 Å². The molecular formula is C7H13IO5. The lowest BCUT2D eigenvalue weighted by Gasteiger charge is -2.23. The fraction of sp³-hybridized carbons (Fsp3) is 1.00. The van der Waals surface area contributed by atoms with E-state index in [0.29, 0.717) is 4.43 Å². The zero-order valence-electron chi connectivity index (χ0n) is 6.97. The van der Waals surface area contributed by atoms with Crippen molar-refractivity contribution in [3.8, 4) is 0 Å². The Morgan fingerprint density at radius 1 is 1.15 bits per heavy atom. The molecule has 0 aromatic rings. The Bertz CT molecular complexity index is 140. The molecule has 0 bridgehead atoms. The van der Waals surface area contributed by atoms with Gasteiger partial charge >= 0.3 is 0 Å². The molecule has 0 saturated carbocycles. The van der Waals surface area contributed by atoms with Gasteiger partial charge in [0.05, 0.1) is 12.7 Å². The van der Waals surface area contributed by atoms with Crippen LogP contribution >= 0.6 is 22.6 Å². The van der Waals surface area contributed by atoms with Crippen LogP contribution in [0.5, 0.6) is 0 Å². The van der Waals surface area contributed by atoms with Crippen molar-refractivity contribution in [2.24, 2.45) is 0 Å². The normalized spacial score (nSPS) is 41.5. The number of hydrogen-bond donors (Lipinski definition) is 3. The van der Waals surface area contributed by atoms with Crippen molar-refractivity contribution >= 4 is 22.6 Å². The topological polar surface area (TPSA) is 79.2 Å². The molecule has 1 aliphatic heterocycles. The number of aliphatic hydroxyl groups excluding tert-OH is 3. The number of halogens is 1. The first-order valence-corrected chi connectivity index (χ1v) is 5.49. The third kappa shape index (κ3) is 2.74. The molecular weight excluding hydrogens is 291 g/mol. The third-order valence-electron chi connectivity index (χ3n) is 2.01. The molecule has 0 aromatic heterocycles. The fourth-order valence-corrected chi connectivity index (χ4v) is 1.92. The van der Waals surface area contributed by atoms with Crippen LogP contribution in [0.2, 0.25) is 0 Å². The van der Waals surface area contributed by atoms with Gasteiger partial charge in [0.25, 0.3) is 0 Å². The minimum atomic E-state index is -1.09. The molecule has 6 heteroatoms. The van der Waals surface area contributed by atoms with Gasteiger partial charge in [-0.15, -0.1) is 0 Å². The van der Waals surface area contributed by atoms with Gasteiger partial charge < -0.3 is 24.8 Å². The molecule has 0 aromatic carbocycles. The lowest BCUT2D eigenvalue weighted by atomic mass is 10.0. The Labute approximate surface area is 89.8 Å². The first-order valence-electron chi connectivity index (χ1n) is 3.97. The van der Waals surface area contributed by atoms with Crippen molar-refractivity contribution in [3.05, 3.63) is 0 Å². The highest BCUT2D eigenvalue weighted by molar-refractivity contribution is 14.1. The van der Waals surface area contributed by atoms with E-state index in [0.717, 1.165) is 0 Å². The lowest BCUT2D eigenvalue weighted by molar-refractivity contribution is -0.113. The van der Waals surface area contributed by atoms with Crippen molar-refractivity contribution in [1.82, 2.24) is 0 Å². The number of hydrogen-bond acceptors (Lipinski definition) is 5. The molecule has 0 spiro atoms. The van der Waals surface area contributed by atoms with Crippen LogP contribution in [0, 0.1) is 0 Å². The van der Waals surface area contributed by atoms with Crippen LogP contribution in [0.3, 0.4) is 0 Å². The predicted molar refractivity (Wildman–Crippen MR) is 52.6 cm³/mol. The molecule has 3 N–H and O–H groups in total. The van der Waals surface area contributed by atoms with E-state index in [2.05, 4.69) is 22.6 Å². The molecule has 78 valence electrons. The van der Waals surface area contributed by atoms with Gasteiger partial charge in [0.15, 0.2) is 0 Å². The zero-order chi connectivity index (χ0) is 9.84. The van der Waals surface area contributed by atoms with E-state index >= 15 is 0 Å². The second-order valence-corrected chi connectivity index (χ2v) is 3.73. The van der Waals surface area contributed by atoms with Crippen molar-refractivity contribution in [2.45, 2.75) is 24.4 Å². The molecule has 1 rings (SSSR count). The van der Waals surface area contributed by atoms with Gasteiger partial charge in [-0.05, 0) is 0 Å². The van der Waals surface area contributed by atoms with Gasteiger partial charge in [0.2, 0.25) is 0 Å². The summed E-state index contributed by atoms with van der Waals surface area (Å²) in [6.07, 6.45) is -3.29. The van der Waals surface area contributed by atoms with Crippen LogP contribution in [-0.2, 0) is 9.47 Å². The molecule has 0 radical (unpaired) electrons. The van der Waals surface area contributed by atoms with Crippen molar-refractivity contribution in [1.29, 1.82) is 0 Å². The largest absolute Gasteiger partial charge is 0.394 e. The molecule has 0 aliphatic carbocycles. The molecule has 1 heterocycles. The molecule has 4 atom stereocenters. The minimum Gasteiger partial charge on any atom is -0.394 e. The first kappa shape index (κ1) is 11.6. The lowest BCUT2D eigenvalue weighted by Crippen LogP contribution is -2.45. The van der Waals surface area contributed by atoms with Crippen LogP contribution in [0.1, 0.15) is 0 Å². The summed E-state index contributed by atoms with van der Waals surface area (Å²) in [6.45, 7) is -0.331. The summed E-state index contributed by atoms with van der Waals surface area (Å²) >= 11 is 2.05. The average Bonchev–Trinajstić information content (AvgIpc) is 2.28. The first-order chi connectivity index (χ1) is 6.20. The van der Waals surface area contributed by atoms with Gasteiger partial charge in [-0.2, -0.15) is 0 Å². The van der Waals surface area contributed by atoms with E-state index in [1.807, 2.05) is 0 Å². The van der Waals surface area contributed by atoms with Crippen LogP contribution < -0.4 is 0 Å². The fourth-order valence-electron chi connectivity index (χ4n) is 1.15. The van der Waals surface area contributed by atoms with Crippen molar-refractivity contribution in [2.75, 3.05) is 17.8 Å². The van der Waals surface area contributed by atoms with Gasteiger partial charge in [-0.25, -0.2) is 0 Å². The maximum Gasteiger partial charge on any atom is 0.147 e. The monoisotopic (exact) mass is 304 g/mol. The third-order valence-corrected chi connectivity index (χ3v) is 2.88. The SMILES string of the molecule is OC[C@@H]1OCO[C@@H](CI)[C@@H](O)[C@@H]1O. The number of ether oxygens (including phenoxy) is 2. The standard InChI is InChI=1S/C7H13IO5/c8-1-4-6(10)7(11)5(2-9)13-3-12-4/h4-7,9-11H,1-3H2/t4-,5-,6+,7+/m0/s1. The second kappa shape index (κ2) is 5.42. The number of aliphatic hydroxyl groups is 3. The Kier molecular flexibility index (Phi) is 4.84. The Morgan fingerprint density at radius 2 is 1.69 bits per heavy atom. The smallest absolute Gasteiger partial charge is 0.147 e. The van der Waals surface area contributed by atoms with E-state index in [1.165, 1.54) is 0 Å². The maximum atomic E-state index is 9.55. The summed E-state index contributed by atoms with van der Waals surface area (Å²) < 4.78 is 10.7. The summed E-state index contributed by atoms with van der Waals surface area (Å²) in [4.78, 5) is 0. The van der Waals surface area contributed by atoms with E-state index in [9.17, 15) is 10.2 Å². The summed E-state index contributed by atoms with van der Waals surface area (Å²) in [5.41, 5.74) is 0. The molecule has 0 amide bonds. The number of rotatable bonds is 2. The molecule has 13 heavy (non-hydrogen) atoms. The van der Waals surface area contributed by atoms with Gasteiger partial charge in [0.1, 0.15) is 25.1 Å². The van der Waals surface area contributed by atoms with E-state index in [-0.39, 0.29) is 13.4 Å². The van der Waals surface area contributed by atoms with Crippen LogP contribution in [-0.4, -0.2) is 57.6 Å². The summed E-state index contributed by atoms with van der Waals surface area (Å²) in [7, 11) is 0.